The maximum atomic E-state index is 5.13. The second-order valence-corrected chi connectivity index (χ2v) is 9.11. The Balaban J connectivity index is 0.00000361. The number of pyridine rings is 1. The van der Waals surface area contributed by atoms with Crippen LogP contribution in [0.3, 0.4) is 0 Å². The fourth-order valence-corrected chi connectivity index (χ4v) is 5.02. The molecule has 0 fully saturated rings. The van der Waals surface area contributed by atoms with Crippen LogP contribution in [0.5, 0.6) is 0 Å². The smallest absolute Gasteiger partial charge is 0.657 e. The second kappa shape index (κ2) is 12.0. The van der Waals surface area contributed by atoms with Gasteiger partial charge in [0.2, 0.25) is 0 Å². The van der Waals surface area contributed by atoms with E-state index in [0.29, 0.717) is 0 Å². The van der Waals surface area contributed by atoms with Crippen LogP contribution in [0, 0.1) is 0 Å². The first-order valence-corrected chi connectivity index (χ1v) is 12.8. The summed E-state index contributed by atoms with van der Waals surface area (Å²) in [7, 11) is 0. The van der Waals surface area contributed by atoms with E-state index in [0.717, 1.165) is 64.9 Å². The molecule has 36 heavy (non-hydrogen) atoms. The van der Waals surface area contributed by atoms with Crippen LogP contribution in [0.2, 0.25) is 0 Å². The summed E-state index contributed by atoms with van der Waals surface area (Å²) < 4.78 is 0. The number of allylic oxidation sites excluding steroid dienone is 2. The largest absolute Gasteiger partial charge is 2.00 e. The summed E-state index contributed by atoms with van der Waals surface area (Å²) in [5.74, 6) is 0. The third-order valence-electron chi connectivity index (χ3n) is 7.16. The molecule has 0 atom stereocenters. The maximum absolute atomic E-state index is 5.13. The molecule has 1 aliphatic heterocycles. The molecule has 0 spiro atoms. The van der Waals surface area contributed by atoms with Gasteiger partial charge in [-0.05, 0) is 69.7 Å². The molecule has 0 saturated carbocycles. The van der Waals surface area contributed by atoms with Crippen molar-refractivity contribution < 1.29 is 21.1 Å². The van der Waals surface area contributed by atoms with Gasteiger partial charge in [0, 0.05) is 11.9 Å². The van der Waals surface area contributed by atoms with E-state index in [1.54, 1.807) is 0 Å². The zero-order valence-electron chi connectivity index (χ0n) is 22.5. The van der Waals surface area contributed by atoms with E-state index >= 15 is 0 Å². The van der Waals surface area contributed by atoms with Crippen molar-refractivity contribution in [3.8, 4) is 0 Å². The molecule has 0 N–H and O–H groups in total. The van der Waals surface area contributed by atoms with Crippen molar-refractivity contribution in [3.05, 3.63) is 91.3 Å². The molecule has 190 valence electrons. The molecule has 0 aliphatic carbocycles. The Morgan fingerprint density at radius 3 is 1.78 bits per heavy atom. The van der Waals surface area contributed by atoms with Gasteiger partial charge < -0.3 is 9.97 Å². The normalized spacial score (nSPS) is 15.8. The Bertz CT molecular complexity index is 1450. The molecule has 0 amide bonds. The Morgan fingerprint density at radius 2 is 1.28 bits per heavy atom. The monoisotopic (exact) mass is 659 g/mol. The molecule has 0 saturated heterocycles. The number of nitrogens with zero attached hydrogens (tertiary/aromatic N) is 4. The van der Waals surface area contributed by atoms with Gasteiger partial charge in [0.15, 0.2) is 0 Å². The van der Waals surface area contributed by atoms with Gasteiger partial charge in [-0.25, -0.2) is 0 Å². The summed E-state index contributed by atoms with van der Waals surface area (Å²) in [5.41, 5.74) is 12.9. The van der Waals surface area contributed by atoms with Gasteiger partial charge in [-0.3, -0.25) is 9.98 Å². The first kappa shape index (κ1) is 27.9. The van der Waals surface area contributed by atoms with Gasteiger partial charge >= 0.3 is 21.1 Å². The fourth-order valence-electron chi connectivity index (χ4n) is 5.02. The number of aromatic nitrogens is 3. The van der Waals surface area contributed by atoms with Crippen LogP contribution in [-0.2, 0) is 46.7 Å². The van der Waals surface area contributed by atoms with Crippen LogP contribution in [0.1, 0.15) is 87.8 Å². The predicted octanol–water partition coefficient (Wildman–Crippen LogP) is 5.05. The minimum Gasteiger partial charge on any atom is -0.657 e. The Kier molecular flexibility index (Phi) is 9.30. The first-order chi connectivity index (χ1) is 16.9. The molecular formula is C31H36N4Pt. The SMILES string of the molecule is CCc1c(/C=C2\N=C(C)C(C)=C2C)[n-]c(/C=c2\[n-]/c(=C\c3ccccn3)c(CC)c2CC)c1CC.[Pt+2]. The zero-order chi connectivity index (χ0) is 25.1. The molecule has 3 aromatic heterocycles. The summed E-state index contributed by atoms with van der Waals surface area (Å²) in [4.78, 5) is 19.5. The summed E-state index contributed by atoms with van der Waals surface area (Å²) in [5, 5.41) is 2.05. The van der Waals surface area contributed by atoms with Crippen LogP contribution < -0.4 is 20.7 Å². The molecule has 3 aromatic rings. The van der Waals surface area contributed by atoms with E-state index in [1.807, 2.05) is 24.4 Å². The number of rotatable bonds is 7. The average Bonchev–Trinajstić information content (AvgIpc) is 3.46. The van der Waals surface area contributed by atoms with Crippen LogP contribution in [0.15, 0.2) is 46.2 Å². The van der Waals surface area contributed by atoms with E-state index in [1.165, 1.54) is 33.4 Å². The number of hydrogen-bond donors (Lipinski definition) is 0. The fraction of sp³-hybridized carbons (Fsp3) is 0.355. The van der Waals surface area contributed by atoms with Gasteiger partial charge in [0.1, 0.15) is 0 Å². The molecule has 4 heterocycles. The van der Waals surface area contributed by atoms with Gasteiger partial charge in [-0.1, -0.05) is 74.2 Å². The van der Waals surface area contributed by atoms with Gasteiger partial charge in [-0.15, -0.1) is 22.1 Å². The molecular weight excluding hydrogens is 623 g/mol. The minimum atomic E-state index is 0. The van der Waals surface area contributed by atoms with Crippen LogP contribution in [0.4, 0.5) is 0 Å². The van der Waals surface area contributed by atoms with Gasteiger partial charge in [0.25, 0.3) is 0 Å². The minimum absolute atomic E-state index is 0. The van der Waals surface area contributed by atoms with Gasteiger partial charge in [-0.2, -0.15) is 0 Å². The van der Waals surface area contributed by atoms with Crippen molar-refractivity contribution >= 4 is 23.9 Å². The van der Waals surface area contributed by atoms with E-state index in [-0.39, 0.29) is 21.1 Å². The summed E-state index contributed by atoms with van der Waals surface area (Å²) in [6.07, 6.45) is 12.1. The molecule has 0 aromatic carbocycles. The van der Waals surface area contributed by atoms with E-state index in [4.69, 9.17) is 15.0 Å². The third kappa shape index (κ3) is 5.34. The van der Waals surface area contributed by atoms with E-state index in [2.05, 4.69) is 71.7 Å². The van der Waals surface area contributed by atoms with Crippen molar-refractivity contribution in [3.63, 3.8) is 0 Å². The van der Waals surface area contributed by atoms with Crippen LogP contribution >= 0.6 is 0 Å². The van der Waals surface area contributed by atoms with Crippen molar-refractivity contribution in [1.29, 1.82) is 0 Å². The standard InChI is InChI=1S/C31H36N4.Pt/c1-8-23-24(9-2)30(34-28(23)16-22-14-12-13-15-32-22)18-31-26(11-4)25(10-3)29(35-31)17-27-20(6)19(5)21(7)33-27;/h12-18H,8-11H2,1-7H3;/q-2;+2/b27-17-,28-16-,30-18-;. The number of hydrogen-bond acceptors (Lipinski definition) is 2. The van der Waals surface area contributed by atoms with Crippen molar-refractivity contribution in [2.45, 2.75) is 74.1 Å². The zero-order valence-corrected chi connectivity index (χ0v) is 24.7. The molecule has 0 radical (unpaired) electrons. The summed E-state index contributed by atoms with van der Waals surface area (Å²) >= 11 is 0. The molecule has 4 nitrogen and oxygen atoms in total. The van der Waals surface area contributed by atoms with Crippen molar-refractivity contribution in [2.75, 3.05) is 0 Å². The first-order valence-electron chi connectivity index (χ1n) is 12.8. The molecule has 5 heteroatoms. The Labute approximate surface area is 229 Å². The predicted molar refractivity (Wildman–Crippen MR) is 147 cm³/mol. The molecule has 1 aliphatic rings. The summed E-state index contributed by atoms with van der Waals surface area (Å²) in [6, 6.07) is 5.98. The van der Waals surface area contributed by atoms with Crippen molar-refractivity contribution in [2.24, 2.45) is 4.99 Å². The Morgan fingerprint density at radius 1 is 0.694 bits per heavy atom. The van der Waals surface area contributed by atoms with Gasteiger partial charge in [0.05, 0.1) is 11.4 Å². The Hall–Kier alpha value is -2.71. The topological polar surface area (TPSA) is 53.5 Å². The summed E-state index contributed by atoms with van der Waals surface area (Å²) in [6.45, 7) is 15.2. The van der Waals surface area contributed by atoms with E-state index in [9.17, 15) is 0 Å². The maximum Gasteiger partial charge on any atom is 2.00 e. The molecule has 4 rings (SSSR count). The second-order valence-electron chi connectivity index (χ2n) is 9.11. The van der Waals surface area contributed by atoms with E-state index < -0.39 is 0 Å². The van der Waals surface area contributed by atoms with Crippen molar-refractivity contribution in [1.82, 2.24) is 15.0 Å². The third-order valence-corrected chi connectivity index (χ3v) is 7.16. The quantitative estimate of drug-likeness (QED) is 0.357. The number of aliphatic imine (C=N–C) groups is 1. The van der Waals surface area contributed by atoms with Crippen LogP contribution in [0.25, 0.3) is 18.2 Å². The molecule has 0 bridgehead atoms. The van der Waals surface area contributed by atoms with Crippen LogP contribution in [-0.4, -0.2) is 10.7 Å². The average molecular weight is 660 g/mol. The molecule has 0 unspecified atom stereocenters.